The third-order valence-electron chi connectivity index (χ3n) is 3.75. The first-order valence-electron chi connectivity index (χ1n) is 6.55. The Morgan fingerprint density at radius 1 is 1.53 bits per heavy atom. The second-order valence-electron chi connectivity index (χ2n) is 5.15. The van der Waals surface area contributed by atoms with Gasteiger partial charge in [0.2, 0.25) is 5.95 Å². The van der Waals surface area contributed by atoms with Crippen LogP contribution in [0, 0.1) is 11.3 Å². The summed E-state index contributed by atoms with van der Waals surface area (Å²) in [5, 5.41) is 8.97. The molecule has 0 bridgehead atoms. The van der Waals surface area contributed by atoms with E-state index >= 15 is 0 Å². The lowest BCUT2D eigenvalue weighted by Gasteiger charge is -2.16. The normalized spacial score (nSPS) is 15.0. The van der Waals surface area contributed by atoms with Crippen LogP contribution < -0.4 is 5.73 Å². The topological polar surface area (TPSA) is 70.9 Å². The largest absolute Gasteiger partial charge is 0.369 e. The van der Waals surface area contributed by atoms with Gasteiger partial charge in [-0.05, 0) is 38.1 Å². The van der Waals surface area contributed by atoms with E-state index < -0.39 is 0 Å². The maximum Gasteiger partial charge on any atom is 0.201 e. The molecule has 3 rings (SSSR count). The van der Waals surface area contributed by atoms with Gasteiger partial charge in [-0.3, -0.25) is 0 Å². The molecule has 2 N–H and O–H groups in total. The summed E-state index contributed by atoms with van der Waals surface area (Å²) in [4.78, 5) is 6.70. The number of hydrogen-bond acceptors (Lipinski definition) is 4. The molecular weight excluding hydrogens is 238 g/mol. The van der Waals surface area contributed by atoms with E-state index in [1.54, 1.807) is 6.07 Å². The number of benzene rings is 1. The van der Waals surface area contributed by atoms with E-state index in [1.807, 2.05) is 16.7 Å². The zero-order valence-electron chi connectivity index (χ0n) is 11.0. The molecule has 98 valence electrons. The first kappa shape index (κ1) is 12.0. The first-order chi connectivity index (χ1) is 9.19. The first-order valence-corrected chi connectivity index (χ1v) is 6.55. The minimum absolute atomic E-state index is 0.522. The van der Waals surface area contributed by atoms with Crippen LogP contribution in [0.3, 0.4) is 0 Å². The number of anilines is 1. The van der Waals surface area contributed by atoms with Gasteiger partial charge in [-0.15, -0.1) is 0 Å². The van der Waals surface area contributed by atoms with E-state index in [2.05, 4.69) is 23.0 Å². The number of rotatable bonds is 4. The maximum absolute atomic E-state index is 8.97. The van der Waals surface area contributed by atoms with Crippen molar-refractivity contribution in [2.24, 2.45) is 0 Å². The average molecular weight is 255 g/mol. The van der Waals surface area contributed by atoms with Gasteiger partial charge in [-0.2, -0.15) is 5.26 Å². The Labute approximate surface area is 112 Å². The SMILES string of the molecule is CN(CCn1c(N)nc2ccc(C#N)cc21)C1CC1. The second-order valence-corrected chi connectivity index (χ2v) is 5.15. The number of nitrogen functional groups attached to an aromatic ring is 1. The fourth-order valence-electron chi connectivity index (χ4n) is 2.40. The van der Waals surface area contributed by atoms with Gasteiger partial charge in [0.25, 0.3) is 0 Å². The Hall–Kier alpha value is -2.06. The van der Waals surface area contributed by atoms with Crippen molar-refractivity contribution >= 4 is 17.0 Å². The van der Waals surface area contributed by atoms with Gasteiger partial charge >= 0.3 is 0 Å². The molecule has 1 aromatic carbocycles. The lowest BCUT2D eigenvalue weighted by atomic mass is 10.2. The molecule has 5 nitrogen and oxygen atoms in total. The van der Waals surface area contributed by atoms with Crippen LogP contribution in [0.4, 0.5) is 5.95 Å². The molecule has 19 heavy (non-hydrogen) atoms. The van der Waals surface area contributed by atoms with E-state index in [0.717, 1.165) is 30.2 Å². The lowest BCUT2D eigenvalue weighted by Crippen LogP contribution is -2.25. The predicted octanol–water partition coefficient (Wildman–Crippen LogP) is 1.58. The van der Waals surface area contributed by atoms with Gasteiger partial charge in [0.15, 0.2) is 0 Å². The van der Waals surface area contributed by atoms with Crippen LogP contribution in [0.2, 0.25) is 0 Å². The molecular formula is C14H17N5. The van der Waals surface area contributed by atoms with E-state index in [1.165, 1.54) is 12.8 Å². The van der Waals surface area contributed by atoms with Crippen molar-refractivity contribution < 1.29 is 0 Å². The molecule has 0 unspecified atom stereocenters. The van der Waals surface area contributed by atoms with Gasteiger partial charge in [0, 0.05) is 19.1 Å². The predicted molar refractivity (Wildman–Crippen MR) is 74.5 cm³/mol. The molecule has 1 aliphatic carbocycles. The van der Waals surface area contributed by atoms with Crippen molar-refractivity contribution in [2.45, 2.75) is 25.4 Å². The summed E-state index contributed by atoms with van der Waals surface area (Å²) in [6.45, 7) is 1.77. The summed E-state index contributed by atoms with van der Waals surface area (Å²) in [6.07, 6.45) is 2.60. The minimum Gasteiger partial charge on any atom is -0.369 e. The molecule has 1 aliphatic rings. The summed E-state index contributed by atoms with van der Waals surface area (Å²) < 4.78 is 2.00. The molecule has 5 heteroatoms. The molecule has 0 radical (unpaired) electrons. The third-order valence-corrected chi connectivity index (χ3v) is 3.75. The summed E-state index contributed by atoms with van der Waals surface area (Å²) >= 11 is 0. The van der Waals surface area contributed by atoms with Crippen molar-refractivity contribution in [1.29, 1.82) is 5.26 Å². The summed E-state index contributed by atoms with van der Waals surface area (Å²) in [5.74, 6) is 0.522. The van der Waals surface area contributed by atoms with E-state index in [0.29, 0.717) is 11.5 Å². The van der Waals surface area contributed by atoms with Crippen LogP contribution >= 0.6 is 0 Å². The quantitative estimate of drug-likeness (QED) is 0.900. The molecule has 1 heterocycles. The molecule has 0 amide bonds. The van der Waals surface area contributed by atoms with Gasteiger partial charge < -0.3 is 15.2 Å². The van der Waals surface area contributed by atoms with Gasteiger partial charge in [-0.25, -0.2) is 4.98 Å². The lowest BCUT2D eigenvalue weighted by molar-refractivity contribution is 0.311. The second kappa shape index (κ2) is 4.56. The van der Waals surface area contributed by atoms with Crippen LogP contribution in [0.25, 0.3) is 11.0 Å². The van der Waals surface area contributed by atoms with Gasteiger partial charge in [0.1, 0.15) is 0 Å². The number of nitriles is 1. The maximum atomic E-state index is 8.97. The van der Waals surface area contributed by atoms with E-state index in [-0.39, 0.29) is 0 Å². The zero-order chi connectivity index (χ0) is 13.4. The molecule has 2 aromatic rings. The summed E-state index contributed by atoms with van der Waals surface area (Å²) in [6, 6.07) is 8.38. The molecule has 0 spiro atoms. The number of aromatic nitrogens is 2. The number of nitrogens with two attached hydrogens (primary N) is 1. The van der Waals surface area contributed by atoms with Crippen molar-refractivity contribution in [2.75, 3.05) is 19.3 Å². The highest BCUT2D eigenvalue weighted by Crippen LogP contribution is 2.25. The van der Waals surface area contributed by atoms with Gasteiger partial charge in [0.05, 0.1) is 22.7 Å². The minimum atomic E-state index is 0.522. The monoisotopic (exact) mass is 255 g/mol. The Balaban J connectivity index is 1.88. The van der Waals surface area contributed by atoms with Crippen LogP contribution in [-0.4, -0.2) is 34.1 Å². The van der Waals surface area contributed by atoms with Crippen LogP contribution in [-0.2, 0) is 6.54 Å². The Kier molecular flexibility index (Phi) is 2.88. The number of fused-ring (bicyclic) bond motifs is 1. The van der Waals surface area contributed by atoms with E-state index in [9.17, 15) is 0 Å². The van der Waals surface area contributed by atoms with Crippen LogP contribution in [0.5, 0.6) is 0 Å². The molecule has 0 atom stereocenters. The van der Waals surface area contributed by atoms with Crippen molar-refractivity contribution in [3.63, 3.8) is 0 Å². The number of nitrogens with zero attached hydrogens (tertiary/aromatic N) is 4. The fraction of sp³-hybridized carbons (Fsp3) is 0.429. The third kappa shape index (κ3) is 2.27. The number of likely N-dealkylation sites (N-methyl/N-ethyl adjacent to an activating group) is 1. The summed E-state index contributed by atoms with van der Waals surface area (Å²) in [7, 11) is 2.15. The Morgan fingerprint density at radius 2 is 2.32 bits per heavy atom. The van der Waals surface area contributed by atoms with Crippen LogP contribution in [0.15, 0.2) is 18.2 Å². The van der Waals surface area contributed by atoms with Gasteiger partial charge in [-0.1, -0.05) is 0 Å². The van der Waals surface area contributed by atoms with Crippen molar-refractivity contribution in [3.05, 3.63) is 23.8 Å². The Morgan fingerprint density at radius 3 is 3.00 bits per heavy atom. The number of hydrogen-bond donors (Lipinski definition) is 1. The molecule has 0 saturated heterocycles. The highest BCUT2D eigenvalue weighted by atomic mass is 15.2. The molecule has 1 saturated carbocycles. The Bertz CT molecular complexity index is 648. The highest BCUT2D eigenvalue weighted by molar-refractivity contribution is 5.79. The summed E-state index contributed by atoms with van der Waals surface area (Å²) in [5.41, 5.74) is 8.41. The van der Waals surface area contributed by atoms with Crippen molar-refractivity contribution in [1.82, 2.24) is 14.5 Å². The number of imidazole rings is 1. The standard InChI is InChI=1S/C14H17N5/c1-18(11-3-4-11)6-7-19-13-8-10(9-15)2-5-12(13)17-14(19)16/h2,5,8,11H,3-4,6-7H2,1H3,(H2,16,17). The van der Waals surface area contributed by atoms with Crippen molar-refractivity contribution in [3.8, 4) is 6.07 Å². The highest BCUT2D eigenvalue weighted by Gasteiger charge is 2.25. The van der Waals surface area contributed by atoms with E-state index in [4.69, 9.17) is 11.0 Å². The zero-order valence-corrected chi connectivity index (χ0v) is 11.0. The molecule has 1 fully saturated rings. The molecule has 0 aliphatic heterocycles. The molecule has 1 aromatic heterocycles. The fourth-order valence-corrected chi connectivity index (χ4v) is 2.40. The average Bonchev–Trinajstić information content (AvgIpc) is 3.20. The van der Waals surface area contributed by atoms with Crippen LogP contribution in [0.1, 0.15) is 18.4 Å². The smallest absolute Gasteiger partial charge is 0.201 e.